The van der Waals surface area contributed by atoms with Crippen LogP contribution in [0.1, 0.15) is 36.7 Å². The Kier molecular flexibility index (Phi) is 6.25. The van der Waals surface area contributed by atoms with E-state index in [0.717, 1.165) is 6.29 Å². The highest BCUT2D eigenvalue weighted by Crippen LogP contribution is 2.29. The fourth-order valence-corrected chi connectivity index (χ4v) is 3.20. The number of methoxy groups -OCH3 is 1. The maximum atomic E-state index is 12.8. The predicted octanol–water partition coefficient (Wildman–Crippen LogP) is 4.37. The van der Waals surface area contributed by atoms with Gasteiger partial charge in [0.05, 0.1) is 18.3 Å². The van der Waals surface area contributed by atoms with Crippen LogP contribution >= 0.6 is 0 Å². The average Bonchev–Trinajstić information content (AvgIpc) is 3.11. The molecule has 0 aliphatic heterocycles. The smallest absolute Gasteiger partial charge is 0.412 e. The van der Waals surface area contributed by atoms with Crippen molar-refractivity contribution in [3.05, 3.63) is 77.6 Å². The molecule has 0 bridgehead atoms. The number of rotatable bonds is 5. The SMILES string of the molecule is COC(=O)/C(NC(=O)OC(C)(C)C)=C(\c1ccccc1)n1cc(C=O)c2ccccc21. The molecule has 1 heterocycles. The van der Waals surface area contributed by atoms with E-state index in [2.05, 4.69) is 5.32 Å². The number of carbonyl (C=O) groups is 3. The summed E-state index contributed by atoms with van der Waals surface area (Å²) in [6.45, 7) is 5.17. The standard InChI is InChI=1S/C24H24N2O5/c1-24(2,3)31-23(29)25-20(22(28)30-4)21(16-10-6-5-7-11-16)26-14-17(15-27)18-12-8-9-13-19(18)26/h5-15H,1-4H3,(H,25,29)/b21-20-. The molecule has 0 unspecified atom stereocenters. The molecule has 31 heavy (non-hydrogen) atoms. The Labute approximate surface area is 180 Å². The third kappa shape index (κ3) is 4.83. The molecule has 3 rings (SSSR count). The zero-order valence-corrected chi connectivity index (χ0v) is 17.8. The lowest BCUT2D eigenvalue weighted by Crippen LogP contribution is -2.35. The molecule has 0 aliphatic rings. The number of fused-ring (bicyclic) bond motifs is 1. The first-order chi connectivity index (χ1) is 14.7. The molecule has 160 valence electrons. The second-order valence-electron chi connectivity index (χ2n) is 7.80. The lowest BCUT2D eigenvalue weighted by atomic mass is 10.1. The van der Waals surface area contributed by atoms with E-state index in [4.69, 9.17) is 9.47 Å². The van der Waals surface area contributed by atoms with Gasteiger partial charge in [-0.1, -0.05) is 48.5 Å². The lowest BCUT2D eigenvalue weighted by molar-refractivity contribution is -0.136. The fraction of sp³-hybridized carbons (Fsp3) is 0.208. The minimum atomic E-state index is -0.798. The Bertz CT molecular complexity index is 1150. The van der Waals surface area contributed by atoms with Crippen LogP contribution in [0.4, 0.5) is 4.79 Å². The van der Waals surface area contributed by atoms with Gasteiger partial charge >= 0.3 is 12.1 Å². The molecule has 0 aliphatic carbocycles. The zero-order chi connectivity index (χ0) is 22.6. The fourth-order valence-electron chi connectivity index (χ4n) is 3.20. The number of hydrogen-bond acceptors (Lipinski definition) is 5. The Morgan fingerprint density at radius 1 is 1.00 bits per heavy atom. The van der Waals surface area contributed by atoms with Crippen molar-refractivity contribution in [2.75, 3.05) is 7.11 Å². The monoisotopic (exact) mass is 420 g/mol. The normalized spacial score (nSPS) is 12.1. The highest BCUT2D eigenvalue weighted by Gasteiger charge is 2.26. The number of aromatic nitrogens is 1. The number of aldehydes is 1. The number of ether oxygens (including phenoxy) is 2. The van der Waals surface area contributed by atoms with Gasteiger partial charge in [-0.15, -0.1) is 0 Å². The third-order valence-corrected chi connectivity index (χ3v) is 4.41. The van der Waals surface area contributed by atoms with Crippen LogP contribution in [-0.2, 0) is 14.3 Å². The molecule has 1 N–H and O–H groups in total. The van der Waals surface area contributed by atoms with Crippen molar-refractivity contribution in [3.63, 3.8) is 0 Å². The first-order valence-corrected chi connectivity index (χ1v) is 9.69. The summed E-state index contributed by atoms with van der Waals surface area (Å²) >= 11 is 0. The molecule has 0 saturated carbocycles. The number of carbonyl (C=O) groups excluding carboxylic acids is 3. The van der Waals surface area contributed by atoms with Crippen molar-refractivity contribution < 1.29 is 23.9 Å². The summed E-state index contributed by atoms with van der Waals surface area (Å²) < 4.78 is 12.0. The van der Waals surface area contributed by atoms with Gasteiger partial charge in [0.1, 0.15) is 5.60 Å². The van der Waals surface area contributed by atoms with Gasteiger partial charge < -0.3 is 14.0 Å². The van der Waals surface area contributed by atoms with Crippen molar-refractivity contribution in [1.82, 2.24) is 9.88 Å². The average molecular weight is 420 g/mol. The highest BCUT2D eigenvalue weighted by molar-refractivity contribution is 6.04. The molecule has 0 spiro atoms. The largest absolute Gasteiger partial charge is 0.464 e. The molecule has 1 aromatic heterocycles. The third-order valence-electron chi connectivity index (χ3n) is 4.41. The van der Waals surface area contributed by atoms with Crippen LogP contribution < -0.4 is 5.32 Å². The number of para-hydroxylation sites is 1. The van der Waals surface area contributed by atoms with E-state index < -0.39 is 17.7 Å². The number of benzene rings is 2. The van der Waals surface area contributed by atoms with Gasteiger partial charge in [0.15, 0.2) is 12.0 Å². The van der Waals surface area contributed by atoms with E-state index in [9.17, 15) is 14.4 Å². The Hall–Kier alpha value is -3.87. The molecule has 0 radical (unpaired) electrons. The molecule has 0 fully saturated rings. The molecule has 0 saturated heterocycles. The molecule has 3 aromatic rings. The van der Waals surface area contributed by atoms with Crippen molar-refractivity contribution in [2.24, 2.45) is 0 Å². The van der Waals surface area contributed by atoms with E-state index in [1.54, 1.807) is 43.7 Å². The van der Waals surface area contributed by atoms with Crippen molar-refractivity contribution in [2.45, 2.75) is 26.4 Å². The van der Waals surface area contributed by atoms with Crippen LogP contribution in [0.15, 0.2) is 66.5 Å². The predicted molar refractivity (Wildman–Crippen MR) is 117 cm³/mol. The molecule has 2 aromatic carbocycles. The van der Waals surface area contributed by atoms with Gasteiger partial charge in [-0.05, 0) is 26.8 Å². The summed E-state index contributed by atoms with van der Waals surface area (Å²) in [5.41, 5.74) is 1.26. The molecule has 7 nitrogen and oxygen atoms in total. The topological polar surface area (TPSA) is 86.6 Å². The van der Waals surface area contributed by atoms with Gasteiger partial charge in [-0.25, -0.2) is 9.59 Å². The highest BCUT2D eigenvalue weighted by atomic mass is 16.6. The molecular weight excluding hydrogens is 396 g/mol. The Morgan fingerprint density at radius 2 is 1.65 bits per heavy atom. The number of esters is 1. The Morgan fingerprint density at radius 3 is 2.26 bits per heavy atom. The van der Waals surface area contributed by atoms with Crippen LogP contribution in [-0.4, -0.2) is 35.6 Å². The minimum Gasteiger partial charge on any atom is -0.464 e. The Balaban J connectivity index is 2.31. The van der Waals surface area contributed by atoms with E-state index in [-0.39, 0.29) is 5.70 Å². The van der Waals surface area contributed by atoms with Gasteiger partial charge in [0.25, 0.3) is 0 Å². The number of hydrogen-bond donors (Lipinski definition) is 1. The summed E-state index contributed by atoms with van der Waals surface area (Å²) in [4.78, 5) is 37.0. The van der Waals surface area contributed by atoms with Crippen LogP contribution in [0, 0.1) is 0 Å². The number of amides is 1. The van der Waals surface area contributed by atoms with Gasteiger partial charge in [0, 0.05) is 22.7 Å². The second kappa shape index (κ2) is 8.87. The second-order valence-corrected chi connectivity index (χ2v) is 7.80. The van der Waals surface area contributed by atoms with E-state index in [0.29, 0.717) is 27.7 Å². The summed E-state index contributed by atoms with van der Waals surface area (Å²) in [6.07, 6.45) is 1.58. The van der Waals surface area contributed by atoms with Crippen molar-refractivity contribution in [3.8, 4) is 0 Å². The molecule has 7 heteroatoms. The van der Waals surface area contributed by atoms with Crippen LogP contribution in [0.2, 0.25) is 0 Å². The van der Waals surface area contributed by atoms with E-state index >= 15 is 0 Å². The molecule has 0 atom stereocenters. The maximum absolute atomic E-state index is 12.8. The maximum Gasteiger partial charge on any atom is 0.412 e. The van der Waals surface area contributed by atoms with Crippen molar-refractivity contribution >= 4 is 34.9 Å². The molecule has 1 amide bonds. The molecular formula is C24H24N2O5. The van der Waals surface area contributed by atoms with Crippen LogP contribution in [0.5, 0.6) is 0 Å². The lowest BCUT2D eigenvalue weighted by Gasteiger charge is -2.22. The number of alkyl carbamates (subject to hydrolysis) is 1. The summed E-state index contributed by atoms with van der Waals surface area (Å²) in [5.74, 6) is -0.754. The number of nitrogens with zero attached hydrogens (tertiary/aromatic N) is 1. The summed E-state index contributed by atoms with van der Waals surface area (Å²) in [7, 11) is 1.23. The van der Waals surface area contributed by atoms with E-state index in [1.807, 2.05) is 42.5 Å². The summed E-state index contributed by atoms with van der Waals surface area (Å²) in [5, 5.41) is 3.26. The summed E-state index contributed by atoms with van der Waals surface area (Å²) in [6, 6.07) is 16.3. The quantitative estimate of drug-likeness (QED) is 0.376. The first kappa shape index (κ1) is 21.8. The van der Waals surface area contributed by atoms with Gasteiger partial charge in [-0.2, -0.15) is 0 Å². The van der Waals surface area contributed by atoms with Crippen LogP contribution in [0.25, 0.3) is 16.6 Å². The first-order valence-electron chi connectivity index (χ1n) is 9.69. The number of nitrogens with one attached hydrogen (secondary N) is 1. The van der Waals surface area contributed by atoms with Crippen LogP contribution in [0.3, 0.4) is 0 Å². The van der Waals surface area contributed by atoms with Gasteiger partial charge in [0.2, 0.25) is 0 Å². The van der Waals surface area contributed by atoms with Crippen molar-refractivity contribution in [1.29, 1.82) is 0 Å². The van der Waals surface area contributed by atoms with E-state index in [1.165, 1.54) is 7.11 Å². The minimum absolute atomic E-state index is 0.110. The van der Waals surface area contributed by atoms with Gasteiger partial charge in [-0.3, -0.25) is 10.1 Å². The zero-order valence-electron chi connectivity index (χ0n) is 17.8.